The summed E-state index contributed by atoms with van der Waals surface area (Å²) in [6.45, 7) is 8.17. The van der Waals surface area contributed by atoms with Gasteiger partial charge in [-0.25, -0.2) is 24.1 Å². The minimum absolute atomic E-state index is 0.00833. The van der Waals surface area contributed by atoms with Crippen molar-refractivity contribution in [1.82, 2.24) is 15.0 Å². The zero-order valence-electron chi connectivity index (χ0n) is 34.3. The number of thioether (sulfide) groups is 1. The number of hydrogen-bond acceptors (Lipinski definition) is 13. The van der Waals surface area contributed by atoms with E-state index in [1.165, 1.54) is 25.3 Å². The summed E-state index contributed by atoms with van der Waals surface area (Å²) >= 11 is 0.0825. The summed E-state index contributed by atoms with van der Waals surface area (Å²) in [5, 5.41) is 9.65. The number of fused-ring (bicyclic) bond motifs is 6. The molecule has 2 N–H and O–H groups in total. The molecule has 19 heteroatoms. The van der Waals surface area contributed by atoms with Gasteiger partial charge >= 0.3 is 24.0 Å². The van der Waals surface area contributed by atoms with Crippen molar-refractivity contribution in [3.05, 3.63) is 88.4 Å². The molecule has 6 rings (SSSR count). The Bertz CT molecular complexity index is 2300. The molecule has 4 heterocycles. The quantitative estimate of drug-likeness (QED) is 0.0556. The Morgan fingerprint density at radius 1 is 1.08 bits per heavy atom. The summed E-state index contributed by atoms with van der Waals surface area (Å²) in [5.41, 5.74) is -1.65. The fraction of sp³-hybridized carbons (Fsp3) is 0.429. The number of alkyl halides is 6. The second kappa shape index (κ2) is 18.2. The molecule has 0 fully saturated rings. The number of benzene rings is 2. The Morgan fingerprint density at radius 3 is 2.36 bits per heavy atom. The number of rotatable bonds is 14. The molecule has 0 radical (unpaired) electrons. The third-order valence-corrected chi connectivity index (χ3v) is 10.2. The standard InChI is InChI=1S/C42H44F6N6O6S/c1-23(2)30-11-13-32(57-6)35(53-30)34-26-10-12-31(29(34)18-24-15-25(19-49)17-27(16-24)42(46,47)48)59-37(56)41(50,40(44,45)36(43)61-7)54(22-26)38-51-20-28(21-52-38)58-14-8-9-33(55)60-39(3,4)5/h10-13,15-17,20-21,23,36H,8-9,14,18,22,50H2,1-7H3. The van der Waals surface area contributed by atoms with Crippen molar-refractivity contribution in [2.75, 3.05) is 24.9 Å². The van der Waals surface area contributed by atoms with E-state index in [0.29, 0.717) is 16.7 Å². The van der Waals surface area contributed by atoms with E-state index in [1.54, 1.807) is 39.0 Å². The predicted octanol–water partition coefficient (Wildman–Crippen LogP) is 8.53. The molecule has 2 aromatic heterocycles. The Hall–Kier alpha value is -5.61. The largest absolute Gasteiger partial charge is 0.494 e. The van der Waals surface area contributed by atoms with Gasteiger partial charge in [0.25, 0.3) is 5.66 Å². The maximum atomic E-state index is 16.6. The molecule has 0 spiro atoms. The lowest BCUT2D eigenvalue weighted by molar-refractivity contribution is -0.164. The third-order valence-electron chi connectivity index (χ3n) is 9.45. The Labute approximate surface area is 352 Å². The summed E-state index contributed by atoms with van der Waals surface area (Å²) < 4.78 is 113. The van der Waals surface area contributed by atoms with Crippen molar-refractivity contribution in [3.8, 4) is 34.6 Å². The lowest BCUT2D eigenvalue weighted by atomic mass is 9.90. The molecule has 0 saturated carbocycles. The van der Waals surface area contributed by atoms with E-state index in [9.17, 15) is 28.0 Å². The average molecular weight is 875 g/mol. The minimum atomic E-state index is -4.85. The van der Waals surface area contributed by atoms with Crippen LogP contribution in [0.1, 0.15) is 86.9 Å². The molecule has 2 unspecified atom stereocenters. The number of nitriles is 1. The first-order valence-corrected chi connectivity index (χ1v) is 20.1. The Morgan fingerprint density at radius 2 is 1.77 bits per heavy atom. The molecule has 326 valence electrons. The van der Waals surface area contributed by atoms with E-state index in [2.05, 4.69) is 9.97 Å². The second-order valence-corrected chi connectivity index (χ2v) is 16.3. The van der Waals surface area contributed by atoms with Crippen LogP contribution in [0, 0.1) is 11.3 Å². The van der Waals surface area contributed by atoms with Crippen molar-refractivity contribution in [2.24, 2.45) is 5.73 Å². The predicted molar refractivity (Wildman–Crippen MR) is 214 cm³/mol. The van der Waals surface area contributed by atoms with Crippen LogP contribution < -0.4 is 24.8 Å². The number of aromatic nitrogens is 3. The highest BCUT2D eigenvalue weighted by Crippen LogP contribution is 2.47. The molecule has 2 aliphatic heterocycles. The minimum Gasteiger partial charge on any atom is -0.494 e. The van der Waals surface area contributed by atoms with Crippen LogP contribution in [0.25, 0.3) is 11.3 Å². The molecule has 2 atom stereocenters. The van der Waals surface area contributed by atoms with E-state index < -0.39 is 71.0 Å². The first kappa shape index (κ1) is 46.5. The molecule has 2 aromatic carbocycles. The summed E-state index contributed by atoms with van der Waals surface area (Å²) in [6, 6.07) is 10.4. The van der Waals surface area contributed by atoms with Gasteiger partial charge in [0.15, 0.2) is 5.75 Å². The van der Waals surface area contributed by atoms with E-state index in [1.807, 2.05) is 13.8 Å². The zero-order chi connectivity index (χ0) is 45.1. The lowest BCUT2D eigenvalue weighted by Gasteiger charge is -2.43. The van der Waals surface area contributed by atoms with Gasteiger partial charge in [-0.1, -0.05) is 19.9 Å². The molecular formula is C42H44F6N6O6S. The van der Waals surface area contributed by atoms with Gasteiger partial charge in [0.1, 0.15) is 22.8 Å². The van der Waals surface area contributed by atoms with Crippen molar-refractivity contribution in [2.45, 2.75) is 95.2 Å². The molecule has 2 bridgehead atoms. The molecular weight excluding hydrogens is 831 g/mol. The fourth-order valence-corrected chi connectivity index (χ4v) is 6.97. The number of nitrogens with zero attached hydrogens (tertiary/aromatic N) is 5. The maximum Gasteiger partial charge on any atom is 0.416 e. The van der Waals surface area contributed by atoms with E-state index in [-0.39, 0.29) is 82.1 Å². The highest BCUT2D eigenvalue weighted by Gasteiger charge is 2.67. The van der Waals surface area contributed by atoms with Gasteiger partial charge in [0, 0.05) is 36.2 Å². The van der Waals surface area contributed by atoms with Gasteiger partial charge in [-0.2, -0.15) is 27.2 Å². The Balaban J connectivity index is 1.71. The van der Waals surface area contributed by atoms with Crippen LogP contribution >= 0.6 is 11.8 Å². The number of esters is 2. The van der Waals surface area contributed by atoms with E-state index in [4.69, 9.17) is 29.7 Å². The second-order valence-electron chi connectivity index (χ2n) is 15.4. The van der Waals surface area contributed by atoms with Gasteiger partial charge in [-0.05, 0) is 86.9 Å². The summed E-state index contributed by atoms with van der Waals surface area (Å²) in [4.78, 5) is 40.3. The van der Waals surface area contributed by atoms with Gasteiger partial charge in [0.2, 0.25) is 11.5 Å². The third kappa shape index (κ3) is 10.1. The number of hydrogen-bond donors (Lipinski definition) is 1. The van der Waals surface area contributed by atoms with Crippen LogP contribution in [0.4, 0.5) is 32.3 Å². The molecule has 0 amide bonds. The van der Waals surface area contributed by atoms with Crippen LogP contribution in [-0.4, -0.2) is 69.6 Å². The molecule has 2 aliphatic rings. The van der Waals surface area contributed by atoms with Crippen LogP contribution in [0.15, 0.2) is 54.9 Å². The normalized spacial score (nSPS) is 16.3. The van der Waals surface area contributed by atoms with Gasteiger partial charge in [-0.3, -0.25) is 10.5 Å². The monoisotopic (exact) mass is 874 g/mol. The smallest absolute Gasteiger partial charge is 0.416 e. The van der Waals surface area contributed by atoms with Crippen molar-refractivity contribution in [1.29, 1.82) is 5.26 Å². The first-order chi connectivity index (χ1) is 28.5. The molecule has 4 aromatic rings. The van der Waals surface area contributed by atoms with Crippen molar-refractivity contribution >= 4 is 29.6 Å². The topological polar surface area (TPSA) is 163 Å². The highest BCUT2D eigenvalue weighted by atomic mass is 32.2. The number of halogens is 6. The number of carbonyl (C=O) groups is 2. The number of pyridine rings is 1. The van der Waals surface area contributed by atoms with E-state index >= 15 is 13.2 Å². The lowest BCUT2D eigenvalue weighted by Crippen LogP contribution is -2.75. The average Bonchev–Trinajstić information content (AvgIpc) is 3.27. The SMILES string of the molecule is COc1ccc(C(C)C)nc1-c1c2ccc(c1Cc1cc(C#N)cc(C(F)(F)F)c1)OC(=O)C(N)(C(F)(F)C(F)SC)N(c1ncc(OCCCC(=O)OC(C)(C)C)cn1)C2. The highest BCUT2D eigenvalue weighted by molar-refractivity contribution is 7.99. The Kier molecular flexibility index (Phi) is 13.8. The van der Waals surface area contributed by atoms with Crippen LogP contribution in [0.2, 0.25) is 0 Å². The summed E-state index contributed by atoms with van der Waals surface area (Å²) in [7, 11) is 1.35. The zero-order valence-corrected chi connectivity index (χ0v) is 35.1. The fourth-order valence-electron chi connectivity index (χ4n) is 6.50. The number of carbonyl (C=O) groups excluding carboxylic acids is 2. The number of anilines is 1. The van der Waals surface area contributed by atoms with Crippen molar-refractivity contribution in [3.63, 3.8) is 0 Å². The summed E-state index contributed by atoms with van der Waals surface area (Å²) in [5.74, 6) is -7.97. The van der Waals surface area contributed by atoms with Crippen LogP contribution in [0.3, 0.4) is 0 Å². The van der Waals surface area contributed by atoms with E-state index in [0.717, 1.165) is 24.7 Å². The summed E-state index contributed by atoms with van der Waals surface area (Å²) in [6.07, 6.45) is -1.76. The van der Waals surface area contributed by atoms with Gasteiger partial charge in [-0.15, -0.1) is 11.8 Å². The number of methoxy groups -OCH3 is 1. The molecule has 12 nitrogen and oxygen atoms in total. The maximum absolute atomic E-state index is 16.6. The molecule has 61 heavy (non-hydrogen) atoms. The van der Waals surface area contributed by atoms with Gasteiger partial charge in [0.05, 0.1) is 43.3 Å². The molecule has 0 saturated heterocycles. The number of nitrogens with two attached hydrogens (primary N) is 1. The van der Waals surface area contributed by atoms with Crippen LogP contribution in [0.5, 0.6) is 17.2 Å². The van der Waals surface area contributed by atoms with Crippen LogP contribution in [-0.2, 0) is 33.5 Å². The van der Waals surface area contributed by atoms with Crippen molar-refractivity contribution < 1.29 is 54.9 Å². The van der Waals surface area contributed by atoms with Gasteiger partial charge < -0.3 is 23.8 Å². The number of ether oxygens (including phenoxy) is 4. The molecule has 0 aliphatic carbocycles. The first-order valence-electron chi connectivity index (χ1n) is 18.9.